The highest BCUT2D eigenvalue weighted by molar-refractivity contribution is 9.13. The van der Waals surface area contributed by atoms with Gasteiger partial charge in [-0.3, -0.25) is 9.59 Å². The Kier molecular flexibility index (Phi) is 9.42. The molecule has 3 rings (SSSR count). The number of hydrogen-bond acceptors (Lipinski definition) is 6. The average Bonchev–Trinajstić information content (AvgIpc) is 2.87. The van der Waals surface area contributed by atoms with Crippen molar-refractivity contribution in [3.8, 4) is 11.5 Å². The molecule has 0 saturated heterocycles. The van der Waals surface area contributed by atoms with Crippen LogP contribution < -0.4 is 20.4 Å². The lowest BCUT2D eigenvalue weighted by Gasteiger charge is -2.13. The second kappa shape index (κ2) is 12.5. The second-order valence-corrected chi connectivity index (χ2v) is 9.49. The maximum absolute atomic E-state index is 13.6. The number of nitrogens with one attached hydrogen (secondary N) is 2. The van der Waals surface area contributed by atoms with Gasteiger partial charge in [-0.2, -0.15) is 5.10 Å². The van der Waals surface area contributed by atoms with Crippen LogP contribution in [-0.4, -0.2) is 44.3 Å². The molecule has 11 heteroatoms. The number of carbonyl (C=O) groups is 2. The number of ether oxygens (including phenoxy) is 1. The van der Waals surface area contributed by atoms with E-state index in [1.54, 1.807) is 18.2 Å². The summed E-state index contributed by atoms with van der Waals surface area (Å²) in [5.74, 6) is -1.98. The summed E-state index contributed by atoms with van der Waals surface area (Å²) in [5.41, 5.74) is 4.09. The molecule has 0 unspecified atom stereocenters. The van der Waals surface area contributed by atoms with Crippen LogP contribution in [0.1, 0.15) is 21.5 Å². The van der Waals surface area contributed by atoms with Gasteiger partial charge in [-0.15, -0.1) is 0 Å². The number of rotatable bonds is 8. The summed E-state index contributed by atoms with van der Waals surface area (Å²) in [7, 11) is 5.21. The third-order valence-electron chi connectivity index (χ3n) is 5.07. The van der Waals surface area contributed by atoms with Crippen molar-refractivity contribution < 1.29 is 23.8 Å². The minimum Gasteiger partial charge on any atom is -0.504 e. The molecule has 0 spiro atoms. The number of hydrogen-bond donors (Lipinski definition) is 3. The van der Waals surface area contributed by atoms with Crippen LogP contribution in [-0.2, 0) is 4.79 Å². The molecule has 3 aromatic rings. The zero-order valence-corrected chi connectivity index (χ0v) is 23.2. The van der Waals surface area contributed by atoms with E-state index in [4.69, 9.17) is 4.74 Å². The van der Waals surface area contributed by atoms with Gasteiger partial charge in [0.15, 0.2) is 11.5 Å². The second-order valence-electron chi connectivity index (χ2n) is 7.84. The molecule has 0 aromatic heterocycles. The fraction of sp³-hybridized carbons (Fsp3) is 0.115. The molecule has 0 aliphatic rings. The van der Waals surface area contributed by atoms with Gasteiger partial charge >= 0.3 is 0 Å². The fourth-order valence-corrected chi connectivity index (χ4v) is 3.95. The Morgan fingerprint density at radius 1 is 1.11 bits per heavy atom. The molecule has 8 nitrogen and oxygen atoms in total. The monoisotopic (exact) mass is 632 g/mol. The molecule has 37 heavy (non-hydrogen) atoms. The topological polar surface area (TPSA) is 103 Å². The molecular formula is C26H23Br2FN4O4. The number of carbonyl (C=O) groups excluding carboxylic acids is 2. The number of benzene rings is 3. The van der Waals surface area contributed by atoms with Crippen LogP contribution in [0.5, 0.6) is 11.5 Å². The smallest absolute Gasteiger partial charge is 0.287 e. The van der Waals surface area contributed by atoms with Crippen molar-refractivity contribution in [2.24, 2.45) is 5.10 Å². The first-order chi connectivity index (χ1) is 17.6. The molecule has 0 fully saturated rings. The number of nitrogens with zero attached hydrogens (tertiary/aromatic N) is 2. The van der Waals surface area contributed by atoms with Crippen molar-refractivity contribution in [3.05, 3.63) is 91.7 Å². The minimum absolute atomic E-state index is 0.0419. The zero-order valence-electron chi connectivity index (χ0n) is 20.1. The number of phenols is 1. The van der Waals surface area contributed by atoms with Gasteiger partial charge in [0.25, 0.3) is 11.8 Å². The molecule has 0 radical (unpaired) electrons. The summed E-state index contributed by atoms with van der Waals surface area (Å²) < 4.78 is 19.8. The molecule has 0 atom stereocenters. The van der Waals surface area contributed by atoms with Gasteiger partial charge in [-0.05, 0) is 79.9 Å². The Morgan fingerprint density at radius 3 is 2.43 bits per heavy atom. The summed E-state index contributed by atoms with van der Waals surface area (Å²) in [6.07, 6.45) is 2.69. The highest BCUT2D eigenvalue weighted by Crippen LogP contribution is 2.39. The van der Waals surface area contributed by atoms with Crippen LogP contribution in [0.3, 0.4) is 0 Å². The zero-order chi connectivity index (χ0) is 27.1. The predicted molar refractivity (Wildman–Crippen MR) is 148 cm³/mol. The summed E-state index contributed by atoms with van der Waals surface area (Å²) in [6.45, 7) is 0. The van der Waals surface area contributed by atoms with E-state index in [1.165, 1.54) is 37.6 Å². The molecule has 0 aliphatic heterocycles. The molecule has 0 heterocycles. The van der Waals surface area contributed by atoms with Crippen molar-refractivity contribution in [3.63, 3.8) is 0 Å². The van der Waals surface area contributed by atoms with E-state index in [9.17, 15) is 19.1 Å². The van der Waals surface area contributed by atoms with E-state index in [2.05, 4.69) is 47.7 Å². The Balaban J connectivity index is 1.89. The lowest BCUT2D eigenvalue weighted by Crippen LogP contribution is -2.32. The Morgan fingerprint density at radius 2 is 1.81 bits per heavy atom. The Bertz CT molecular complexity index is 1380. The van der Waals surface area contributed by atoms with Crippen molar-refractivity contribution in [2.45, 2.75) is 0 Å². The van der Waals surface area contributed by atoms with Crippen LogP contribution in [0.25, 0.3) is 6.08 Å². The molecule has 0 saturated carbocycles. The number of phenolic OH excluding ortho intramolecular Hbond substituents is 1. The highest BCUT2D eigenvalue weighted by Gasteiger charge is 2.17. The van der Waals surface area contributed by atoms with Crippen LogP contribution >= 0.6 is 31.9 Å². The van der Waals surface area contributed by atoms with Gasteiger partial charge in [-0.1, -0.05) is 18.2 Å². The van der Waals surface area contributed by atoms with E-state index < -0.39 is 17.6 Å². The largest absolute Gasteiger partial charge is 0.504 e. The third kappa shape index (κ3) is 7.17. The number of halogens is 3. The standard InChI is InChI=1S/C26H23Br2FN4O4/c1-33(2)18-9-7-15(8-10-18)11-21(31-25(35)16-5-4-6-17(29)12-16)26(36)32-30-14-19-23(28)20(27)13-22(37-3)24(19)34/h4-14,34H,1-3H3,(H,31,35)(H,32,36). The normalized spacial score (nSPS) is 11.4. The van der Waals surface area contributed by atoms with E-state index in [-0.39, 0.29) is 28.3 Å². The molecule has 2 amide bonds. The van der Waals surface area contributed by atoms with Crippen molar-refractivity contribution >= 4 is 61.7 Å². The fourth-order valence-electron chi connectivity index (χ4n) is 3.12. The van der Waals surface area contributed by atoms with Crippen LogP contribution in [0.4, 0.5) is 10.1 Å². The van der Waals surface area contributed by atoms with Crippen LogP contribution in [0, 0.1) is 5.82 Å². The van der Waals surface area contributed by atoms with Gasteiger partial charge in [0.05, 0.1) is 18.9 Å². The summed E-state index contributed by atoms with van der Waals surface area (Å²) in [4.78, 5) is 27.7. The summed E-state index contributed by atoms with van der Waals surface area (Å²) in [6, 6.07) is 13.9. The molecular weight excluding hydrogens is 611 g/mol. The van der Waals surface area contributed by atoms with E-state index >= 15 is 0 Å². The molecule has 0 aliphatic carbocycles. The first-order valence-electron chi connectivity index (χ1n) is 10.7. The van der Waals surface area contributed by atoms with E-state index in [0.717, 1.165) is 11.8 Å². The number of anilines is 1. The maximum atomic E-state index is 13.6. The maximum Gasteiger partial charge on any atom is 0.287 e. The van der Waals surface area contributed by atoms with Gasteiger partial charge < -0.3 is 20.1 Å². The van der Waals surface area contributed by atoms with Gasteiger partial charge in [0.2, 0.25) is 0 Å². The summed E-state index contributed by atoms with van der Waals surface area (Å²) in [5, 5.41) is 16.9. The average molecular weight is 634 g/mol. The molecule has 0 bridgehead atoms. The quantitative estimate of drug-likeness (QED) is 0.183. The van der Waals surface area contributed by atoms with Gasteiger partial charge in [0.1, 0.15) is 11.5 Å². The highest BCUT2D eigenvalue weighted by atomic mass is 79.9. The van der Waals surface area contributed by atoms with Crippen molar-refractivity contribution in [1.82, 2.24) is 10.7 Å². The van der Waals surface area contributed by atoms with Crippen LogP contribution in [0.15, 0.2) is 74.3 Å². The lowest BCUT2D eigenvalue weighted by atomic mass is 10.1. The molecule has 3 aromatic carbocycles. The minimum atomic E-state index is -0.740. The van der Waals surface area contributed by atoms with Crippen molar-refractivity contribution in [2.75, 3.05) is 26.1 Å². The number of aromatic hydroxyl groups is 1. The van der Waals surface area contributed by atoms with Gasteiger partial charge in [0, 0.05) is 34.3 Å². The predicted octanol–water partition coefficient (Wildman–Crippen LogP) is 5.05. The molecule has 192 valence electrons. The van der Waals surface area contributed by atoms with E-state index in [0.29, 0.717) is 14.5 Å². The Labute approximate surface area is 230 Å². The number of methoxy groups -OCH3 is 1. The van der Waals surface area contributed by atoms with Crippen molar-refractivity contribution in [1.29, 1.82) is 0 Å². The SMILES string of the molecule is COc1cc(Br)c(Br)c(C=NNC(=O)C(=Cc2ccc(N(C)C)cc2)NC(=O)c2cccc(F)c2)c1O. The number of amides is 2. The third-order valence-corrected chi connectivity index (χ3v) is 7.08. The number of hydrazone groups is 1. The van der Waals surface area contributed by atoms with Crippen LogP contribution in [0.2, 0.25) is 0 Å². The van der Waals surface area contributed by atoms with Gasteiger partial charge in [-0.25, -0.2) is 9.82 Å². The Hall–Kier alpha value is -3.70. The first-order valence-corrected chi connectivity index (χ1v) is 12.3. The lowest BCUT2D eigenvalue weighted by molar-refractivity contribution is -0.117. The first kappa shape index (κ1) is 27.9. The molecule has 3 N–H and O–H groups in total. The van der Waals surface area contributed by atoms with E-state index in [1.807, 2.05) is 31.1 Å². The summed E-state index contributed by atoms with van der Waals surface area (Å²) >= 11 is 6.69.